The van der Waals surface area contributed by atoms with Crippen LogP contribution in [-0.2, 0) is 0 Å². The number of nitrogens with zero attached hydrogens (tertiary/aromatic N) is 2. The van der Waals surface area contributed by atoms with Gasteiger partial charge in [0.15, 0.2) is 0 Å². The molecule has 1 atom stereocenters. The van der Waals surface area contributed by atoms with Gasteiger partial charge in [0.2, 0.25) is 0 Å². The van der Waals surface area contributed by atoms with Gasteiger partial charge in [-0.15, -0.1) is 0 Å². The lowest BCUT2D eigenvalue weighted by atomic mass is 10.1. The van der Waals surface area contributed by atoms with Gasteiger partial charge in [0, 0.05) is 18.8 Å². The highest BCUT2D eigenvalue weighted by Gasteiger charge is 2.24. The molecular weight excluding hydrogens is 204 g/mol. The van der Waals surface area contributed by atoms with E-state index in [1.807, 2.05) is 0 Å². The lowest BCUT2D eigenvalue weighted by molar-refractivity contribution is 0.0697. The number of carboxylic acids is 1. The van der Waals surface area contributed by atoms with E-state index in [2.05, 4.69) is 16.8 Å². The maximum atomic E-state index is 10.9. The molecule has 1 aromatic rings. The third-order valence-electron chi connectivity index (χ3n) is 3.14. The molecular formula is C12H16N2O2. The fraction of sp³-hybridized carbons (Fsp3) is 0.500. The second-order valence-electron chi connectivity index (χ2n) is 4.11. The quantitative estimate of drug-likeness (QED) is 0.848. The molecule has 4 nitrogen and oxygen atoms in total. The molecule has 1 aromatic heterocycles. The molecule has 0 bridgehead atoms. The van der Waals surface area contributed by atoms with Crippen LogP contribution in [0.5, 0.6) is 0 Å². The number of rotatable bonds is 3. The number of hydrogen-bond donors (Lipinski definition) is 1. The first-order valence-corrected chi connectivity index (χ1v) is 5.68. The normalized spacial score (nSPS) is 20.1. The van der Waals surface area contributed by atoms with Gasteiger partial charge in [-0.25, -0.2) is 9.78 Å². The fourth-order valence-corrected chi connectivity index (χ4v) is 2.27. The second kappa shape index (κ2) is 4.51. The molecule has 4 heteroatoms. The monoisotopic (exact) mass is 220 g/mol. The van der Waals surface area contributed by atoms with E-state index in [1.165, 1.54) is 12.5 Å². The third-order valence-corrected chi connectivity index (χ3v) is 3.14. The van der Waals surface area contributed by atoms with E-state index in [0.29, 0.717) is 11.6 Å². The molecule has 0 spiro atoms. The summed E-state index contributed by atoms with van der Waals surface area (Å²) in [5.74, 6) is -0.0971. The Kier molecular flexibility index (Phi) is 3.08. The van der Waals surface area contributed by atoms with Crippen molar-refractivity contribution in [2.24, 2.45) is 0 Å². The lowest BCUT2D eigenvalue weighted by Gasteiger charge is -2.24. The van der Waals surface area contributed by atoms with Crippen molar-refractivity contribution in [1.29, 1.82) is 0 Å². The van der Waals surface area contributed by atoms with Crippen molar-refractivity contribution >= 4 is 11.8 Å². The molecule has 1 N–H and O–H groups in total. The third kappa shape index (κ3) is 2.01. The summed E-state index contributed by atoms with van der Waals surface area (Å²) in [6, 6.07) is 3.70. The van der Waals surface area contributed by atoms with Crippen LogP contribution in [0.3, 0.4) is 0 Å². The smallest absolute Gasteiger partial charge is 0.335 e. The summed E-state index contributed by atoms with van der Waals surface area (Å²) >= 11 is 0. The predicted octanol–water partition coefficient (Wildman–Crippen LogP) is 2.16. The van der Waals surface area contributed by atoms with Crippen molar-refractivity contribution in [3.8, 4) is 0 Å². The highest BCUT2D eigenvalue weighted by Crippen LogP contribution is 2.25. The van der Waals surface area contributed by atoms with E-state index in [-0.39, 0.29) is 0 Å². The first-order chi connectivity index (χ1) is 7.72. The first-order valence-electron chi connectivity index (χ1n) is 5.68. The van der Waals surface area contributed by atoms with Gasteiger partial charge in [-0.3, -0.25) is 0 Å². The molecule has 0 aromatic carbocycles. The van der Waals surface area contributed by atoms with Gasteiger partial charge in [0.05, 0.1) is 5.56 Å². The van der Waals surface area contributed by atoms with Crippen LogP contribution in [0, 0.1) is 0 Å². The van der Waals surface area contributed by atoms with Gasteiger partial charge in [-0.05, 0) is 31.4 Å². The zero-order chi connectivity index (χ0) is 11.5. The van der Waals surface area contributed by atoms with Crippen LogP contribution in [0.25, 0.3) is 0 Å². The predicted molar refractivity (Wildman–Crippen MR) is 61.9 cm³/mol. The van der Waals surface area contributed by atoms with Crippen molar-refractivity contribution in [3.05, 3.63) is 23.9 Å². The van der Waals surface area contributed by atoms with Crippen molar-refractivity contribution in [3.63, 3.8) is 0 Å². The van der Waals surface area contributed by atoms with Crippen LogP contribution in [0.1, 0.15) is 36.5 Å². The van der Waals surface area contributed by atoms with Gasteiger partial charge in [0.25, 0.3) is 0 Å². The molecule has 1 unspecified atom stereocenters. The van der Waals surface area contributed by atoms with Crippen LogP contribution in [-0.4, -0.2) is 28.6 Å². The van der Waals surface area contributed by atoms with Gasteiger partial charge < -0.3 is 10.0 Å². The Morgan fingerprint density at radius 2 is 2.50 bits per heavy atom. The Morgan fingerprint density at radius 3 is 3.19 bits per heavy atom. The molecule has 1 saturated heterocycles. The van der Waals surface area contributed by atoms with Gasteiger partial charge in [-0.1, -0.05) is 6.92 Å². The van der Waals surface area contributed by atoms with Gasteiger partial charge in [-0.2, -0.15) is 0 Å². The molecule has 16 heavy (non-hydrogen) atoms. The minimum Gasteiger partial charge on any atom is -0.478 e. The molecule has 2 rings (SSSR count). The molecule has 2 heterocycles. The number of anilines is 1. The van der Waals surface area contributed by atoms with Crippen LogP contribution < -0.4 is 4.90 Å². The van der Waals surface area contributed by atoms with Gasteiger partial charge >= 0.3 is 5.97 Å². The number of pyridine rings is 1. The molecule has 0 amide bonds. The summed E-state index contributed by atoms with van der Waals surface area (Å²) in [7, 11) is 0. The number of hydrogen-bond acceptors (Lipinski definition) is 3. The minimum atomic E-state index is -0.893. The van der Waals surface area contributed by atoms with E-state index in [9.17, 15) is 4.79 Å². The Bertz CT molecular complexity index is 392. The summed E-state index contributed by atoms with van der Waals surface area (Å²) < 4.78 is 0. The van der Waals surface area contributed by atoms with E-state index >= 15 is 0 Å². The second-order valence-corrected chi connectivity index (χ2v) is 4.11. The van der Waals surface area contributed by atoms with E-state index < -0.39 is 5.97 Å². The zero-order valence-corrected chi connectivity index (χ0v) is 9.39. The summed E-state index contributed by atoms with van der Waals surface area (Å²) in [5, 5.41) is 8.93. The topological polar surface area (TPSA) is 53.4 Å². The van der Waals surface area contributed by atoms with Crippen LogP contribution in [0.2, 0.25) is 0 Å². The Morgan fingerprint density at radius 1 is 1.69 bits per heavy atom. The lowest BCUT2D eigenvalue weighted by Crippen LogP contribution is -2.29. The number of carboxylic acid groups (broad SMARTS) is 1. The van der Waals surface area contributed by atoms with Crippen LogP contribution >= 0.6 is 0 Å². The minimum absolute atomic E-state index is 0.312. The van der Waals surface area contributed by atoms with Crippen LogP contribution in [0.4, 0.5) is 5.82 Å². The SMILES string of the molecule is CCC1CCCN1c1cc(C(=O)O)ccn1. The maximum absolute atomic E-state index is 10.9. The Hall–Kier alpha value is -1.58. The van der Waals surface area contributed by atoms with Crippen molar-refractivity contribution < 1.29 is 9.90 Å². The van der Waals surface area contributed by atoms with Crippen molar-refractivity contribution in [2.75, 3.05) is 11.4 Å². The van der Waals surface area contributed by atoms with E-state index in [4.69, 9.17) is 5.11 Å². The van der Waals surface area contributed by atoms with Crippen molar-refractivity contribution in [2.45, 2.75) is 32.2 Å². The number of carbonyl (C=O) groups is 1. The average molecular weight is 220 g/mol. The maximum Gasteiger partial charge on any atom is 0.335 e. The van der Waals surface area contributed by atoms with E-state index in [1.54, 1.807) is 12.3 Å². The summed E-state index contributed by atoms with van der Waals surface area (Å²) in [6.45, 7) is 3.14. The summed E-state index contributed by atoms with van der Waals surface area (Å²) in [5.41, 5.74) is 0.312. The summed E-state index contributed by atoms with van der Waals surface area (Å²) in [6.07, 6.45) is 5.00. The molecule has 1 aliphatic rings. The molecule has 0 saturated carbocycles. The molecule has 0 radical (unpaired) electrons. The molecule has 1 aliphatic heterocycles. The van der Waals surface area contributed by atoms with Crippen molar-refractivity contribution in [1.82, 2.24) is 4.98 Å². The standard InChI is InChI=1S/C12H16N2O2/c1-2-10-4-3-7-14(10)11-8-9(12(15)16)5-6-13-11/h5-6,8,10H,2-4,7H2,1H3,(H,15,16). The van der Waals surface area contributed by atoms with Gasteiger partial charge in [0.1, 0.15) is 5.82 Å². The largest absolute Gasteiger partial charge is 0.478 e. The highest BCUT2D eigenvalue weighted by molar-refractivity contribution is 5.88. The fourth-order valence-electron chi connectivity index (χ4n) is 2.27. The van der Waals surface area contributed by atoms with E-state index in [0.717, 1.165) is 25.2 Å². The average Bonchev–Trinajstić information content (AvgIpc) is 2.77. The first kappa shape index (κ1) is 10.9. The molecule has 86 valence electrons. The number of aromatic nitrogens is 1. The molecule has 0 aliphatic carbocycles. The summed E-state index contributed by atoms with van der Waals surface area (Å²) in [4.78, 5) is 17.4. The number of aromatic carboxylic acids is 1. The zero-order valence-electron chi connectivity index (χ0n) is 9.39. The molecule has 1 fully saturated rings. The highest BCUT2D eigenvalue weighted by atomic mass is 16.4. The Balaban J connectivity index is 2.26. The Labute approximate surface area is 94.9 Å². The van der Waals surface area contributed by atoms with Crippen LogP contribution in [0.15, 0.2) is 18.3 Å².